The van der Waals surface area contributed by atoms with Gasteiger partial charge in [-0.3, -0.25) is 0 Å². The van der Waals surface area contributed by atoms with Gasteiger partial charge in [0, 0.05) is 0 Å². The molecule has 2 N–H and O–H groups in total. The smallest absolute Gasteiger partial charge is 0.221 e. The molecule has 2 nitrogen and oxygen atoms in total. The maximum atomic E-state index is 8.68. The van der Waals surface area contributed by atoms with Gasteiger partial charge in [0.1, 0.15) is 12.8 Å². The molecule has 0 aliphatic heterocycles. The molecule has 0 radical (unpaired) electrons. The molecule has 0 aromatic rings. The summed E-state index contributed by atoms with van der Waals surface area (Å²) in [5.74, 6) is 0. The molecule has 0 atom stereocenters. The average Bonchev–Trinajstić information content (AvgIpc) is 1.30. The Kier molecular flexibility index (Phi) is 2.74. The molecular formula is C4H12O2P+. The zero-order valence-corrected chi connectivity index (χ0v) is 5.65. The molecule has 0 rings (SSSR count). The van der Waals surface area contributed by atoms with Gasteiger partial charge in [0.25, 0.3) is 7.72 Å². The van der Waals surface area contributed by atoms with Crippen LogP contribution in [0.1, 0.15) is 13.3 Å². The van der Waals surface area contributed by atoms with Crippen LogP contribution in [0.5, 0.6) is 0 Å². The van der Waals surface area contributed by atoms with Crippen molar-refractivity contribution in [1.29, 1.82) is 0 Å². The van der Waals surface area contributed by atoms with Gasteiger partial charge in [0.05, 0.1) is 0 Å². The topological polar surface area (TPSA) is 40.5 Å². The predicted molar refractivity (Wildman–Crippen MR) is 32.4 cm³/mol. The number of hydrogen-bond donors (Lipinski definition) is 2. The van der Waals surface area contributed by atoms with Crippen LogP contribution in [0, 0.1) is 0 Å². The molecule has 0 aromatic heterocycles. The third-order valence-corrected chi connectivity index (χ3v) is 1.94. The molecular weight excluding hydrogens is 111 g/mol. The van der Waals surface area contributed by atoms with E-state index < -0.39 is 7.72 Å². The van der Waals surface area contributed by atoms with Crippen LogP contribution >= 0.6 is 7.72 Å². The predicted octanol–water partition coefficient (Wildman–Crippen LogP) is 0.858. The highest BCUT2D eigenvalue weighted by atomic mass is 31.2. The van der Waals surface area contributed by atoms with E-state index in [4.69, 9.17) is 9.79 Å². The zero-order valence-electron chi connectivity index (χ0n) is 4.76. The van der Waals surface area contributed by atoms with Crippen molar-refractivity contribution in [1.82, 2.24) is 0 Å². The molecule has 0 fully saturated rings. The summed E-state index contributed by atoms with van der Waals surface area (Å²) in [7, 11) is -2.42. The average molecular weight is 123 g/mol. The van der Waals surface area contributed by atoms with Crippen LogP contribution in [-0.2, 0) is 0 Å². The van der Waals surface area contributed by atoms with Crippen LogP contribution < -0.4 is 0 Å². The normalized spacial score (nSPS) is 12.0. The fraction of sp³-hybridized carbons (Fsp3) is 1.00. The first-order chi connectivity index (χ1) is 3.06. The summed E-state index contributed by atoms with van der Waals surface area (Å²) in [6, 6.07) is 0. The minimum absolute atomic E-state index is 0.562. The van der Waals surface area contributed by atoms with Crippen molar-refractivity contribution >= 4 is 7.72 Å². The van der Waals surface area contributed by atoms with Crippen LogP contribution in [0.4, 0.5) is 0 Å². The fourth-order valence-electron chi connectivity index (χ4n) is 0.424. The van der Waals surface area contributed by atoms with E-state index >= 15 is 0 Å². The van der Waals surface area contributed by atoms with E-state index in [0.717, 1.165) is 6.42 Å². The summed E-state index contributed by atoms with van der Waals surface area (Å²) in [4.78, 5) is 17.4. The van der Waals surface area contributed by atoms with Crippen molar-refractivity contribution in [3.8, 4) is 0 Å². The van der Waals surface area contributed by atoms with Gasteiger partial charge >= 0.3 is 0 Å². The minimum atomic E-state index is -2.42. The van der Waals surface area contributed by atoms with Crippen molar-refractivity contribution in [3.63, 3.8) is 0 Å². The fourth-order valence-corrected chi connectivity index (χ4v) is 1.27. The van der Waals surface area contributed by atoms with Crippen molar-refractivity contribution in [2.75, 3.05) is 12.8 Å². The van der Waals surface area contributed by atoms with E-state index in [9.17, 15) is 0 Å². The van der Waals surface area contributed by atoms with Gasteiger partial charge in [0.2, 0.25) is 0 Å². The van der Waals surface area contributed by atoms with Gasteiger partial charge in [-0.1, -0.05) is 6.92 Å². The first-order valence-electron chi connectivity index (χ1n) is 2.37. The Hall–Kier alpha value is 0.350. The Morgan fingerprint density at radius 3 is 1.86 bits per heavy atom. The molecule has 0 spiro atoms. The van der Waals surface area contributed by atoms with E-state index in [1.54, 1.807) is 0 Å². The maximum absolute atomic E-state index is 8.68. The zero-order chi connectivity index (χ0) is 5.91. The van der Waals surface area contributed by atoms with Crippen LogP contribution in [0.25, 0.3) is 0 Å². The molecule has 7 heavy (non-hydrogen) atoms. The Morgan fingerprint density at radius 1 is 1.43 bits per heavy atom. The first-order valence-corrected chi connectivity index (χ1v) is 4.70. The molecule has 3 heteroatoms. The van der Waals surface area contributed by atoms with Gasteiger partial charge in [-0.25, -0.2) is 9.79 Å². The quantitative estimate of drug-likeness (QED) is 0.534. The van der Waals surface area contributed by atoms with Crippen molar-refractivity contribution in [3.05, 3.63) is 0 Å². The van der Waals surface area contributed by atoms with E-state index in [-0.39, 0.29) is 0 Å². The Balaban J connectivity index is 3.15. The van der Waals surface area contributed by atoms with Gasteiger partial charge in [0.15, 0.2) is 0 Å². The molecule has 0 aliphatic carbocycles. The summed E-state index contributed by atoms with van der Waals surface area (Å²) in [5, 5.41) is 0. The van der Waals surface area contributed by atoms with Gasteiger partial charge in [-0.2, -0.15) is 0 Å². The van der Waals surface area contributed by atoms with Crippen molar-refractivity contribution < 1.29 is 9.79 Å². The molecule has 0 saturated carbocycles. The van der Waals surface area contributed by atoms with Crippen LogP contribution in [-0.4, -0.2) is 22.6 Å². The third kappa shape index (κ3) is 6.35. The van der Waals surface area contributed by atoms with Crippen LogP contribution in [0.2, 0.25) is 0 Å². The Labute approximate surface area is 44.7 Å². The third-order valence-electron chi connectivity index (χ3n) is 0.647. The molecule has 0 heterocycles. The molecule has 0 unspecified atom stereocenters. The summed E-state index contributed by atoms with van der Waals surface area (Å²) in [6.45, 7) is 3.43. The highest BCUT2D eigenvalue weighted by Crippen LogP contribution is 2.45. The first kappa shape index (κ1) is 7.35. The van der Waals surface area contributed by atoms with Crippen LogP contribution in [0.15, 0.2) is 0 Å². The minimum Gasteiger partial charge on any atom is -0.221 e. The lowest BCUT2D eigenvalue weighted by molar-refractivity contribution is 0.457. The van der Waals surface area contributed by atoms with E-state index in [0.29, 0.717) is 6.16 Å². The van der Waals surface area contributed by atoms with Gasteiger partial charge in [-0.05, 0) is 6.42 Å². The SMILES string of the molecule is CCC[P+](C)(O)O. The lowest BCUT2D eigenvalue weighted by Crippen LogP contribution is -1.90. The Morgan fingerprint density at radius 2 is 1.86 bits per heavy atom. The summed E-state index contributed by atoms with van der Waals surface area (Å²) >= 11 is 0. The van der Waals surface area contributed by atoms with Gasteiger partial charge in [-0.15, -0.1) is 0 Å². The Bertz CT molecular complexity index is 48.1. The highest BCUT2D eigenvalue weighted by molar-refractivity contribution is 7.63. The molecule has 44 valence electrons. The molecule has 0 aliphatic rings. The standard InChI is InChI=1S/C4H12O2P/c1-3-4-7(2,5)6/h5-6H,3-4H2,1-2H3/q+1. The van der Waals surface area contributed by atoms with Crippen LogP contribution in [0.3, 0.4) is 0 Å². The highest BCUT2D eigenvalue weighted by Gasteiger charge is 2.21. The molecule has 0 bridgehead atoms. The second-order valence-corrected chi connectivity index (χ2v) is 4.44. The number of rotatable bonds is 2. The second-order valence-electron chi connectivity index (χ2n) is 1.81. The molecule has 0 saturated heterocycles. The number of hydrogen-bond acceptors (Lipinski definition) is 2. The van der Waals surface area contributed by atoms with E-state index in [1.807, 2.05) is 6.92 Å². The maximum Gasteiger partial charge on any atom is 0.264 e. The largest absolute Gasteiger partial charge is 0.264 e. The second kappa shape index (κ2) is 2.61. The lowest BCUT2D eigenvalue weighted by atomic mass is 10.6. The van der Waals surface area contributed by atoms with Crippen molar-refractivity contribution in [2.24, 2.45) is 0 Å². The van der Waals surface area contributed by atoms with E-state index in [2.05, 4.69) is 0 Å². The lowest BCUT2D eigenvalue weighted by Gasteiger charge is -2.01. The summed E-state index contributed by atoms with van der Waals surface area (Å²) in [6.07, 6.45) is 1.42. The molecule has 0 amide bonds. The van der Waals surface area contributed by atoms with E-state index in [1.165, 1.54) is 6.66 Å². The van der Waals surface area contributed by atoms with Gasteiger partial charge < -0.3 is 0 Å². The molecule has 0 aromatic carbocycles. The van der Waals surface area contributed by atoms with Crippen molar-refractivity contribution in [2.45, 2.75) is 13.3 Å². The summed E-state index contributed by atoms with van der Waals surface area (Å²) in [5.41, 5.74) is 0. The monoisotopic (exact) mass is 123 g/mol. The summed E-state index contributed by atoms with van der Waals surface area (Å²) < 4.78 is 0.